The smallest absolute Gasteiger partial charge is 0.247 e. The number of phenols is 1. The van der Waals surface area contributed by atoms with Gasteiger partial charge in [-0.2, -0.15) is 0 Å². The summed E-state index contributed by atoms with van der Waals surface area (Å²) in [7, 11) is 0. The Morgan fingerprint density at radius 3 is 2.33 bits per heavy atom. The zero-order valence-corrected chi connectivity index (χ0v) is 24.4. The zero-order valence-electron chi connectivity index (χ0n) is 24.4. The van der Waals surface area contributed by atoms with Crippen molar-refractivity contribution in [3.63, 3.8) is 0 Å². The maximum absolute atomic E-state index is 14.8. The Morgan fingerprint density at radius 1 is 0.956 bits per heavy atom. The molecule has 1 saturated carbocycles. The highest BCUT2D eigenvalue weighted by Crippen LogP contribution is 2.35. The van der Waals surface area contributed by atoms with E-state index in [1.165, 1.54) is 38.1 Å². The Morgan fingerprint density at radius 2 is 1.64 bits per heavy atom. The van der Waals surface area contributed by atoms with Crippen LogP contribution in [0, 0.1) is 0 Å². The molecular formula is C31H36FNO12. The first kappa shape index (κ1) is 32.8. The molecule has 0 spiro atoms. The van der Waals surface area contributed by atoms with Gasteiger partial charge in [0.2, 0.25) is 12.2 Å². The average Bonchev–Trinajstić information content (AvgIpc) is 3.63. The molecule has 0 radical (unpaired) electrons. The molecule has 5 rings (SSSR count). The summed E-state index contributed by atoms with van der Waals surface area (Å²) in [6.07, 6.45) is -10.4. The second-order valence-electron chi connectivity index (χ2n) is 11.1. The summed E-state index contributed by atoms with van der Waals surface area (Å²) < 4.78 is 41.9. The molecule has 14 heteroatoms. The fraction of sp³-hybridized carbons (Fsp3) is 0.452. The van der Waals surface area contributed by atoms with E-state index in [0.717, 1.165) is 0 Å². The number of aliphatic hydroxyl groups excluding tert-OH is 5. The van der Waals surface area contributed by atoms with Gasteiger partial charge in [0.15, 0.2) is 11.5 Å². The fourth-order valence-corrected chi connectivity index (χ4v) is 5.42. The minimum atomic E-state index is -1.57. The molecule has 45 heavy (non-hydrogen) atoms. The summed E-state index contributed by atoms with van der Waals surface area (Å²) >= 11 is 0. The first-order valence-electron chi connectivity index (χ1n) is 14.3. The predicted octanol–water partition coefficient (Wildman–Crippen LogP) is 0.266. The molecule has 2 saturated heterocycles. The number of nitrogens with one attached hydrogen (secondary N) is 1. The fourth-order valence-electron chi connectivity index (χ4n) is 5.42. The molecule has 1 amide bonds. The van der Waals surface area contributed by atoms with Crippen LogP contribution in [0.2, 0.25) is 0 Å². The number of benzene rings is 2. The van der Waals surface area contributed by atoms with Crippen molar-refractivity contribution >= 4 is 12.0 Å². The quantitative estimate of drug-likeness (QED) is 0.187. The van der Waals surface area contributed by atoms with E-state index in [9.17, 15) is 39.8 Å². The SMILES string of the molecule is C/C(=C\c1ccc(O[C@@H]2O[C@H](/C(C)=C(/F)COc3ccccc3)[C@@H](O)[C@@H]2O)c(O)c1)C(=O)N[C@@H]1[C@H](O)[C@@H](O)[C@H]2OCO[C@H]2[C@@H]1O. The molecule has 0 aromatic heterocycles. The molecule has 0 bridgehead atoms. The van der Waals surface area contributed by atoms with Gasteiger partial charge in [0, 0.05) is 5.57 Å². The molecule has 1 aliphatic carbocycles. The number of ether oxygens (including phenoxy) is 5. The van der Waals surface area contributed by atoms with Crippen molar-refractivity contribution in [1.82, 2.24) is 5.32 Å². The van der Waals surface area contributed by atoms with E-state index in [2.05, 4.69) is 5.32 Å². The highest BCUT2D eigenvalue weighted by atomic mass is 19.1. The van der Waals surface area contributed by atoms with Crippen molar-refractivity contribution in [3.8, 4) is 17.2 Å². The Kier molecular flexibility index (Phi) is 10.1. The maximum atomic E-state index is 14.8. The average molecular weight is 634 g/mol. The number of rotatable bonds is 9. The van der Waals surface area contributed by atoms with Crippen molar-refractivity contribution in [1.29, 1.82) is 0 Å². The standard InChI is InChI=1S/C31H36FNO12/c1-14(30(40)33-21-22(35)24(37)29-28(23(21)36)42-13-43-29)10-16-8-9-20(19(34)11-16)44-31-26(39)25(38)27(45-31)15(2)18(32)12-41-17-6-4-3-5-7-17/h3-11,21-29,31,34-39H,12-13H2,1-2H3,(H,33,40)/b14-10+,18-15+/t21-,22+,23-,24-,25+,26+,27-,28+,29-,31-/m1/s1. The van der Waals surface area contributed by atoms with E-state index < -0.39 is 79.5 Å². The van der Waals surface area contributed by atoms with Crippen LogP contribution in [-0.2, 0) is 19.0 Å². The molecule has 0 unspecified atom stereocenters. The second kappa shape index (κ2) is 13.8. The molecule has 7 N–H and O–H groups in total. The van der Waals surface area contributed by atoms with Crippen LogP contribution in [0.15, 0.2) is 65.5 Å². The molecule has 2 aromatic carbocycles. The van der Waals surface area contributed by atoms with Gasteiger partial charge in [-0.3, -0.25) is 4.79 Å². The van der Waals surface area contributed by atoms with Gasteiger partial charge >= 0.3 is 0 Å². The Hall–Kier alpha value is -3.60. The largest absolute Gasteiger partial charge is 0.504 e. The van der Waals surface area contributed by atoms with Gasteiger partial charge in [-0.15, -0.1) is 0 Å². The lowest BCUT2D eigenvalue weighted by Gasteiger charge is -2.41. The van der Waals surface area contributed by atoms with Crippen molar-refractivity contribution in [2.45, 2.75) is 75.0 Å². The van der Waals surface area contributed by atoms with Gasteiger partial charge in [0.25, 0.3) is 0 Å². The molecular weight excluding hydrogens is 597 g/mol. The summed E-state index contributed by atoms with van der Waals surface area (Å²) in [6.45, 7) is 2.29. The number of carbonyl (C=O) groups is 1. The monoisotopic (exact) mass is 633 g/mol. The first-order valence-corrected chi connectivity index (χ1v) is 14.3. The van der Waals surface area contributed by atoms with E-state index in [1.54, 1.807) is 30.3 Å². The summed E-state index contributed by atoms with van der Waals surface area (Å²) in [5, 5.41) is 65.4. The number of aromatic hydroxyl groups is 1. The van der Waals surface area contributed by atoms with Crippen LogP contribution in [0.4, 0.5) is 4.39 Å². The van der Waals surface area contributed by atoms with Crippen LogP contribution in [0.5, 0.6) is 17.2 Å². The van der Waals surface area contributed by atoms with E-state index in [1.807, 2.05) is 0 Å². The second-order valence-corrected chi connectivity index (χ2v) is 11.1. The highest BCUT2D eigenvalue weighted by molar-refractivity contribution is 5.97. The topological polar surface area (TPSA) is 197 Å². The van der Waals surface area contributed by atoms with Crippen LogP contribution < -0.4 is 14.8 Å². The molecule has 3 aliphatic rings. The third kappa shape index (κ3) is 6.98. The van der Waals surface area contributed by atoms with Gasteiger partial charge < -0.3 is 59.6 Å². The summed E-state index contributed by atoms with van der Waals surface area (Å²) in [5.74, 6) is -1.39. The van der Waals surface area contributed by atoms with Crippen molar-refractivity contribution in [2.75, 3.05) is 13.4 Å². The molecule has 244 valence electrons. The third-order valence-electron chi connectivity index (χ3n) is 8.05. The normalized spacial score (nSPS) is 33.7. The number of phenolic OH excluding ortho intramolecular Hbond substituents is 1. The van der Waals surface area contributed by atoms with E-state index in [0.29, 0.717) is 11.3 Å². The minimum absolute atomic E-state index is 0.00809. The number of carbonyl (C=O) groups excluding carboxylic acids is 1. The van der Waals surface area contributed by atoms with Crippen LogP contribution in [0.3, 0.4) is 0 Å². The Labute approximate surface area is 257 Å². The molecule has 2 heterocycles. The summed E-state index contributed by atoms with van der Waals surface area (Å²) in [5.41, 5.74) is 0.521. The lowest BCUT2D eigenvalue weighted by Crippen LogP contribution is -2.67. The van der Waals surface area contributed by atoms with Crippen LogP contribution in [0.1, 0.15) is 19.4 Å². The van der Waals surface area contributed by atoms with Crippen molar-refractivity contribution in [2.24, 2.45) is 0 Å². The van der Waals surface area contributed by atoms with Crippen LogP contribution >= 0.6 is 0 Å². The van der Waals surface area contributed by atoms with E-state index in [4.69, 9.17) is 23.7 Å². The van der Waals surface area contributed by atoms with Crippen molar-refractivity contribution < 1.29 is 63.5 Å². The van der Waals surface area contributed by atoms with Gasteiger partial charge in [-0.25, -0.2) is 4.39 Å². The number of halogens is 1. The van der Waals surface area contributed by atoms with Gasteiger partial charge in [0.1, 0.15) is 73.8 Å². The van der Waals surface area contributed by atoms with Crippen molar-refractivity contribution in [3.05, 3.63) is 71.1 Å². The minimum Gasteiger partial charge on any atom is -0.504 e. The van der Waals surface area contributed by atoms with Gasteiger partial charge in [0.05, 0.1) is 6.04 Å². The highest BCUT2D eigenvalue weighted by Gasteiger charge is 2.53. The lowest BCUT2D eigenvalue weighted by atomic mass is 9.83. The molecule has 2 aliphatic heterocycles. The van der Waals surface area contributed by atoms with Gasteiger partial charge in [-0.05, 0) is 55.3 Å². The Balaban J connectivity index is 1.20. The van der Waals surface area contributed by atoms with E-state index in [-0.39, 0.29) is 29.4 Å². The van der Waals surface area contributed by atoms with Crippen LogP contribution in [-0.4, -0.2) is 111 Å². The summed E-state index contributed by atoms with van der Waals surface area (Å²) in [6, 6.07) is 11.5. The predicted molar refractivity (Wildman–Crippen MR) is 153 cm³/mol. The third-order valence-corrected chi connectivity index (χ3v) is 8.05. The van der Waals surface area contributed by atoms with Gasteiger partial charge in [-0.1, -0.05) is 24.3 Å². The molecule has 2 aromatic rings. The maximum Gasteiger partial charge on any atom is 0.247 e. The number of aliphatic hydroxyl groups is 5. The first-order chi connectivity index (χ1) is 21.5. The number of para-hydroxylation sites is 1. The molecule has 10 atom stereocenters. The number of fused-ring (bicyclic) bond motifs is 1. The Bertz CT molecular complexity index is 1420. The van der Waals surface area contributed by atoms with Crippen LogP contribution in [0.25, 0.3) is 6.08 Å². The molecule has 13 nitrogen and oxygen atoms in total. The zero-order chi connectivity index (χ0) is 32.4. The van der Waals surface area contributed by atoms with E-state index >= 15 is 0 Å². The molecule has 3 fully saturated rings. The number of amides is 1. The number of hydrogen-bond donors (Lipinski definition) is 7. The number of hydrogen-bond acceptors (Lipinski definition) is 12. The lowest BCUT2D eigenvalue weighted by molar-refractivity contribution is -0.155. The summed E-state index contributed by atoms with van der Waals surface area (Å²) in [4.78, 5) is 12.9.